The minimum atomic E-state index is -4.46. The highest BCUT2D eigenvalue weighted by molar-refractivity contribution is 5.98. The van der Waals surface area contributed by atoms with Gasteiger partial charge in [0.05, 0.1) is 12.2 Å². The molecular weight excluding hydrogens is 449 g/mol. The van der Waals surface area contributed by atoms with Crippen molar-refractivity contribution in [3.63, 3.8) is 0 Å². The molecule has 6 nitrogen and oxygen atoms in total. The minimum Gasteiger partial charge on any atom is -0.494 e. The van der Waals surface area contributed by atoms with Gasteiger partial charge in [0, 0.05) is 50.1 Å². The Morgan fingerprint density at radius 3 is 1.94 bits per heavy atom. The van der Waals surface area contributed by atoms with E-state index in [0.29, 0.717) is 31.0 Å². The fraction of sp³-hybridized carbons (Fsp3) is 0.400. The minimum absolute atomic E-state index is 0.0692. The lowest BCUT2D eigenvalue weighted by molar-refractivity contribution is -0.137. The molecule has 34 heavy (non-hydrogen) atoms. The van der Waals surface area contributed by atoms with Gasteiger partial charge in [0.1, 0.15) is 5.75 Å². The Labute approximate surface area is 196 Å². The number of piperazine rings is 1. The molecule has 0 spiro atoms. The van der Waals surface area contributed by atoms with Crippen LogP contribution in [0.3, 0.4) is 0 Å². The molecule has 2 aromatic carbocycles. The summed E-state index contributed by atoms with van der Waals surface area (Å²) in [5.41, 5.74) is -0.122. The summed E-state index contributed by atoms with van der Waals surface area (Å²) in [5, 5.41) is 0. The molecule has 0 bridgehead atoms. The Kier molecular flexibility index (Phi) is 8.31. The number of hydrogen-bond acceptors (Lipinski definition) is 4. The van der Waals surface area contributed by atoms with E-state index >= 15 is 0 Å². The van der Waals surface area contributed by atoms with Gasteiger partial charge in [-0.2, -0.15) is 13.2 Å². The molecule has 0 aromatic heterocycles. The van der Waals surface area contributed by atoms with Gasteiger partial charge in [-0.25, -0.2) is 0 Å². The van der Waals surface area contributed by atoms with E-state index < -0.39 is 11.7 Å². The summed E-state index contributed by atoms with van der Waals surface area (Å²) in [5.74, 6) is 0.0185. The largest absolute Gasteiger partial charge is 0.494 e. The predicted molar refractivity (Wildman–Crippen MR) is 120 cm³/mol. The second-order valence-corrected chi connectivity index (χ2v) is 8.04. The number of hydrogen-bond donors (Lipinski definition) is 0. The summed E-state index contributed by atoms with van der Waals surface area (Å²) in [6.07, 6.45) is -3.42. The van der Waals surface area contributed by atoms with Crippen molar-refractivity contribution >= 4 is 17.6 Å². The number of alkyl halides is 3. The van der Waals surface area contributed by atoms with E-state index in [-0.39, 0.29) is 49.1 Å². The standard InChI is InChI=1S/C25H27F3N2O4/c1-2-17-34-21-9-5-18(6-10-21)22(31)11-12-23(32)29-13-15-30(16-14-29)24(33)19-3-7-20(8-4-19)25(26,27)28/h3-10H,2,11-17H2,1H3. The summed E-state index contributed by atoms with van der Waals surface area (Å²) < 4.78 is 43.6. The van der Waals surface area contributed by atoms with Crippen LogP contribution in [-0.4, -0.2) is 60.2 Å². The maximum Gasteiger partial charge on any atom is 0.416 e. The van der Waals surface area contributed by atoms with Crippen LogP contribution < -0.4 is 4.74 Å². The van der Waals surface area contributed by atoms with Crippen molar-refractivity contribution in [1.29, 1.82) is 0 Å². The normalized spacial score (nSPS) is 14.1. The number of halogens is 3. The Hall–Kier alpha value is -3.36. The van der Waals surface area contributed by atoms with Gasteiger partial charge in [0.15, 0.2) is 5.78 Å². The highest BCUT2D eigenvalue weighted by Crippen LogP contribution is 2.29. The molecule has 1 aliphatic rings. The van der Waals surface area contributed by atoms with E-state index in [2.05, 4.69) is 0 Å². The van der Waals surface area contributed by atoms with Crippen LogP contribution in [0.5, 0.6) is 5.75 Å². The number of carbonyl (C=O) groups is 3. The molecule has 0 unspecified atom stereocenters. The smallest absolute Gasteiger partial charge is 0.416 e. The van der Waals surface area contributed by atoms with Crippen LogP contribution in [0.1, 0.15) is 52.5 Å². The molecule has 3 rings (SSSR count). The Bertz CT molecular complexity index is 996. The fourth-order valence-corrected chi connectivity index (χ4v) is 3.62. The monoisotopic (exact) mass is 476 g/mol. The van der Waals surface area contributed by atoms with Crippen LogP contribution in [0.2, 0.25) is 0 Å². The molecule has 1 aliphatic heterocycles. The van der Waals surface area contributed by atoms with Crippen LogP contribution in [0, 0.1) is 0 Å². The van der Waals surface area contributed by atoms with E-state index in [1.807, 2.05) is 6.92 Å². The lowest BCUT2D eigenvalue weighted by Gasteiger charge is -2.35. The van der Waals surface area contributed by atoms with Crippen molar-refractivity contribution in [3.8, 4) is 5.75 Å². The number of carbonyl (C=O) groups excluding carboxylic acids is 3. The summed E-state index contributed by atoms with van der Waals surface area (Å²) in [6.45, 7) is 3.78. The molecule has 1 fully saturated rings. The Morgan fingerprint density at radius 1 is 0.824 bits per heavy atom. The first-order valence-electron chi connectivity index (χ1n) is 11.2. The van der Waals surface area contributed by atoms with Crippen molar-refractivity contribution in [3.05, 3.63) is 65.2 Å². The molecule has 0 aliphatic carbocycles. The second kappa shape index (κ2) is 11.2. The van der Waals surface area contributed by atoms with Crippen molar-refractivity contribution in [2.45, 2.75) is 32.4 Å². The molecule has 0 saturated carbocycles. The van der Waals surface area contributed by atoms with Crippen molar-refractivity contribution in [1.82, 2.24) is 9.80 Å². The number of benzene rings is 2. The molecule has 182 valence electrons. The zero-order chi connectivity index (χ0) is 24.7. The number of ketones is 1. The van der Waals surface area contributed by atoms with Crippen LogP contribution in [0.25, 0.3) is 0 Å². The summed E-state index contributed by atoms with van der Waals surface area (Å²) in [4.78, 5) is 40.6. The molecule has 9 heteroatoms. The summed E-state index contributed by atoms with van der Waals surface area (Å²) in [6, 6.07) is 10.9. The lowest BCUT2D eigenvalue weighted by Crippen LogP contribution is -2.50. The van der Waals surface area contributed by atoms with Crippen LogP contribution in [0.4, 0.5) is 13.2 Å². The van der Waals surface area contributed by atoms with Gasteiger partial charge >= 0.3 is 6.18 Å². The first kappa shape index (κ1) is 25.3. The van der Waals surface area contributed by atoms with E-state index in [1.54, 1.807) is 29.2 Å². The number of rotatable bonds is 8. The first-order chi connectivity index (χ1) is 16.2. The number of nitrogens with zero attached hydrogens (tertiary/aromatic N) is 2. The van der Waals surface area contributed by atoms with E-state index in [0.717, 1.165) is 30.7 Å². The average Bonchev–Trinajstić information content (AvgIpc) is 2.85. The quantitative estimate of drug-likeness (QED) is 0.529. The van der Waals surface area contributed by atoms with Crippen molar-refractivity contribution in [2.75, 3.05) is 32.8 Å². The van der Waals surface area contributed by atoms with Crippen LogP contribution in [0.15, 0.2) is 48.5 Å². The fourth-order valence-electron chi connectivity index (χ4n) is 3.62. The molecular formula is C25H27F3N2O4. The highest BCUT2D eigenvalue weighted by atomic mass is 19.4. The molecule has 1 saturated heterocycles. The van der Waals surface area contributed by atoms with Crippen LogP contribution in [-0.2, 0) is 11.0 Å². The topological polar surface area (TPSA) is 66.9 Å². The molecule has 0 N–H and O–H groups in total. The van der Waals surface area contributed by atoms with Gasteiger partial charge in [-0.15, -0.1) is 0 Å². The SMILES string of the molecule is CCCOc1ccc(C(=O)CCC(=O)N2CCN(C(=O)c3ccc(C(F)(F)F)cc3)CC2)cc1. The highest BCUT2D eigenvalue weighted by Gasteiger charge is 2.31. The average molecular weight is 476 g/mol. The van der Waals surface area contributed by atoms with E-state index in [4.69, 9.17) is 4.74 Å². The predicted octanol–water partition coefficient (Wildman–Crippen LogP) is 4.44. The Morgan fingerprint density at radius 2 is 1.38 bits per heavy atom. The van der Waals surface area contributed by atoms with E-state index in [1.165, 1.54) is 4.90 Å². The number of amides is 2. The summed E-state index contributed by atoms with van der Waals surface area (Å²) >= 11 is 0. The van der Waals surface area contributed by atoms with E-state index in [9.17, 15) is 27.6 Å². The first-order valence-corrected chi connectivity index (χ1v) is 11.2. The Balaban J connectivity index is 1.45. The number of Topliss-reactive ketones (excluding diaryl/α,β-unsaturated/α-hetero) is 1. The van der Waals surface area contributed by atoms with Gasteiger partial charge in [0.25, 0.3) is 5.91 Å². The molecule has 2 amide bonds. The maximum absolute atomic E-state index is 12.7. The van der Waals surface area contributed by atoms with Crippen molar-refractivity contribution in [2.24, 2.45) is 0 Å². The molecule has 2 aromatic rings. The van der Waals surface area contributed by atoms with Gasteiger partial charge in [0.2, 0.25) is 5.91 Å². The zero-order valence-electron chi connectivity index (χ0n) is 18.9. The summed E-state index contributed by atoms with van der Waals surface area (Å²) in [7, 11) is 0. The van der Waals surface area contributed by atoms with Gasteiger partial charge in [-0.1, -0.05) is 6.92 Å². The zero-order valence-corrected chi connectivity index (χ0v) is 18.9. The number of ether oxygens (including phenoxy) is 1. The van der Waals surface area contributed by atoms with Gasteiger partial charge in [-0.05, 0) is 55.0 Å². The third kappa shape index (κ3) is 6.59. The lowest BCUT2D eigenvalue weighted by atomic mass is 10.1. The molecule has 1 heterocycles. The molecule has 0 radical (unpaired) electrons. The van der Waals surface area contributed by atoms with Gasteiger partial charge in [-0.3, -0.25) is 14.4 Å². The third-order valence-electron chi connectivity index (χ3n) is 5.59. The molecule has 0 atom stereocenters. The third-order valence-corrected chi connectivity index (χ3v) is 5.59. The van der Waals surface area contributed by atoms with Crippen LogP contribution >= 0.6 is 0 Å². The van der Waals surface area contributed by atoms with Crippen molar-refractivity contribution < 1.29 is 32.3 Å². The van der Waals surface area contributed by atoms with Gasteiger partial charge < -0.3 is 14.5 Å². The maximum atomic E-state index is 12.7. The second-order valence-electron chi connectivity index (χ2n) is 8.04.